The van der Waals surface area contributed by atoms with Gasteiger partial charge in [-0.3, -0.25) is 4.90 Å². The minimum atomic E-state index is -4.29. The summed E-state index contributed by atoms with van der Waals surface area (Å²) < 4.78 is 38.2. The van der Waals surface area contributed by atoms with Crippen LogP contribution < -0.4 is 0 Å². The Morgan fingerprint density at radius 2 is 1.29 bits per heavy atom. The molecule has 0 aliphatic heterocycles. The Morgan fingerprint density at radius 3 is 1.84 bits per heavy atom. The highest BCUT2D eigenvalue weighted by molar-refractivity contribution is 5.36. The minimum Gasteiger partial charge on any atom is -0.295 e. The van der Waals surface area contributed by atoms with Gasteiger partial charge >= 0.3 is 6.18 Å². The van der Waals surface area contributed by atoms with E-state index in [2.05, 4.69) is 54.9 Å². The number of halogens is 3. The highest BCUT2D eigenvalue weighted by Gasteiger charge is 2.29. The van der Waals surface area contributed by atoms with Gasteiger partial charge in [-0.1, -0.05) is 82.1 Å². The van der Waals surface area contributed by atoms with Crippen molar-refractivity contribution < 1.29 is 13.2 Å². The summed E-state index contributed by atoms with van der Waals surface area (Å²) in [6, 6.07) is 13.7. The predicted octanol–water partition coefficient (Wildman–Crippen LogP) is 7.83. The molecule has 0 spiro atoms. The van der Waals surface area contributed by atoms with Crippen molar-refractivity contribution in [3.05, 3.63) is 70.8 Å². The molecule has 0 amide bonds. The lowest BCUT2D eigenvalue weighted by Gasteiger charge is -2.21. The minimum absolute atomic E-state index is 0.604. The molecule has 0 aliphatic rings. The first-order valence-corrected chi connectivity index (χ1v) is 11.4. The lowest BCUT2D eigenvalue weighted by molar-refractivity contribution is -0.137. The topological polar surface area (TPSA) is 3.24 Å². The van der Waals surface area contributed by atoms with Gasteiger partial charge in [0, 0.05) is 25.1 Å². The van der Waals surface area contributed by atoms with Crippen molar-refractivity contribution in [3.63, 3.8) is 0 Å². The third-order valence-electron chi connectivity index (χ3n) is 5.38. The van der Waals surface area contributed by atoms with E-state index in [9.17, 15) is 13.2 Å². The van der Waals surface area contributed by atoms with Gasteiger partial charge < -0.3 is 0 Å². The van der Waals surface area contributed by atoms with Gasteiger partial charge in [-0.25, -0.2) is 0 Å². The van der Waals surface area contributed by atoms with E-state index >= 15 is 0 Å². The van der Waals surface area contributed by atoms with E-state index in [-0.39, 0.29) is 0 Å². The third kappa shape index (κ3) is 9.61. The van der Waals surface area contributed by atoms with Crippen molar-refractivity contribution >= 4 is 0 Å². The van der Waals surface area contributed by atoms with Crippen molar-refractivity contribution in [2.24, 2.45) is 0 Å². The molecule has 1 nitrogen and oxygen atoms in total. The highest BCUT2D eigenvalue weighted by Crippen LogP contribution is 2.29. The molecule has 0 fully saturated rings. The molecule has 0 aliphatic carbocycles. The van der Waals surface area contributed by atoms with Gasteiger partial charge in [0.1, 0.15) is 0 Å². The van der Waals surface area contributed by atoms with Crippen LogP contribution in [0.2, 0.25) is 0 Å². The summed E-state index contributed by atoms with van der Waals surface area (Å²) in [5.74, 6) is 6.51. The second-order valence-electron chi connectivity index (χ2n) is 8.01. The van der Waals surface area contributed by atoms with E-state index < -0.39 is 11.7 Å². The third-order valence-corrected chi connectivity index (χ3v) is 5.38. The first kappa shape index (κ1) is 25.0. The fraction of sp³-hybridized carbons (Fsp3) is 0.481. The van der Waals surface area contributed by atoms with Crippen molar-refractivity contribution in [1.82, 2.24) is 4.90 Å². The Kier molecular flexibility index (Phi) is 10.7. The van der Waals surface area contributed by atoms with E-state index in [1.54, 1.807) is 12.1 Å². The number of hydrogen-bond acceptors (Lipinski definition) is 1. The van der Waals surface area contributed by atoms with Crippen LogP contribution in [0, 0.1) is 11.8 Å². The molecule has 2 aromatic carbocycles. The lowest BCUT2D eigenvalue weighted by atomic mass is 10.1. The maximum atomic E-state index is 12.7. The Bertz CT molecular complexity index is 811. The van der Waals surface area contributed by atoms with E-state index in [1.807, 2.05) is 0 Å². The zero-order valence-electron chi connectivity index (χ0n) is 18.8. The molecule has 2 rings (SSSR count). The van der Waals surface area contributed by atoms with Gasteiger partial charge in [0.15, 0.2) is 0 Å². The average Bonchev–Trinajstić information content (AvgIpc) is 2.76. The zero-order chi connectivity index (χ0) is 22.5. The summed E-state index contributed by atoms with van der Waals surface area (Å²) >= 11 is 0. The number of benzene rings is 2. The number of hydrogen-bond donors (Lipinski definition) is 0. The average molecular weight is 430 g/mol. The first-order valence-electron chi connectivity index (χ1n) is 11.4. The van der Waals surface area contributed by atoms with Crippen molar-refractivity contribution in [2.75, 3.05) is 6.54 Å². The lowest BCUT2D eigenvalue weighted by Crippen LogP contribution is -2.22. The van der Waals surface area contributed by atoms with Gasteiger partial charge in [0.25, 0.3) is 0 Å². The standard InChI is InChI=1S/C27H34F3N/c1-3-5-6-7-8-9-10-11-12-23-13-15-24(16-14-23)21-31(4-2)22-25-17-19-26(20-18-25)27(28,29)30/h13-20H,3-10,21-22H2,1-2H3. The van der Waals surface area contributed by atoms with Gasteiger partial charge in [-0.05, 0) is 48.4 Å². The predicted molar refractivity (Wildman–Crippen MR) is 123 cm³/mol. The summed E-state index contributed by atoms with van der Waals surface area (Å²) in [7, 11) is 0. The van der Waals surface area contributed by atoms with Crippen molar-refractivity contribution in [1.29, 1.82) is 0 Å². The summed E-state index contributed by atoms with van der Waals surface area (Å²) in [6.07, 6.45) is 4.35. The molecular formula is C27H34F3N. The quantitative estimate of drug-likeness (QED) is 0.260. The summed E-state index contributed by atoms with van der Waals surface area (Å²) in [5.41, 5.74) is 2.48. The molecule has 0 bridgehead atoms. The van der Waals surface area contributed by atoms with Crippen LogP contribution in [0.5, 0.6) is 0 Å². The largest absolute Gasteiger partial charge is 0.416 e. The Hall–Kier alpha value is -2.25. The molecule has 0 saturated heterocycles. The Balaban J connectivity index is 1.81. The number of unbranched alkanes of at least 4 members (excludes halogenated alkanes) is 6. The number of nitrogens with zero attached hydrogens (tertiary/aromatic N) is 1. The maximum Gasteiger partial charge on any atom is 0.416 e. The second kappa shape index (κ2) is 13.2. The van der Waals surface area contributed by atoms with Gasteiger partial charge in [0.05, 0.1) is 5.56 Å². The van der Waals surface area contributed by atoms with Crippen LogP contribution in [-0.4, -0.2) is 11.4 Å². The van der Waals surface area contributed by atoms with Crippen LogP contribution in [0.4, 0.5) is 13.2 Å². The molecule has 168 valence electrons. The van der Waals surface area contributed by atoms with Crippen LogP contribution in [0.15, 0.2) is 48.5 Å². The smallest absolute Gasteiger partial charge is 0.295 e. The molecule has 0 radical (unpaired) electrons. The van der Waals surface area contributed by atoms with E-state index in [1.165, 1.54) is 44.1 Å². The molecule has 4 heteroatoms. The molecule has 0 atom stereocenters. The maximum absolute atomic E-state index is 12.7. The molecule has 0 N–H and O–H groups in total. The summed E-state index contributed by atoms with van der Waals surface area (Å²) in [5, 5.41) is 0. The fourth-order valence-corrected chi connectivity index (χ4v) is 3.45. The highest BCUT2D eigenvalue weighted by atomic mass is 19.4. The summed E-state index contributed by atoms with van der Waals surface area (Å²) in [4.78, 5) is 2.21. The molecule has 31 heavy (non-hydrogen) atoms. The number of rotatable bonds is 11. The van der Waals surface area contributed by atoms with Crippen LogP contribution in [0.3, 0.4) is 0 Å². The molecule has 2 aromatic rings. The van der Waals surface area contributed by atoms with Crippen molar-refractivity contribution in [3.8, 4) is 11.8 Å². The molecule has 0 unspecified atom stereocenters. The molecular weight excluding hydrogens is 395 g/mol. The monoisotopic (exact) mass is 429 g/mol. The van der Waals surface area contributed by atoms with E-state index in [0.717, 1.165) is 42.8 Å². The fourth-order valence-electron chi connectivity index (χ4n) is 3.45. The first-order chi connectivity index (χ1) is 14.9. The van der Waals surface area contributed by atoms with Crippen LogP contribution in [0.1, 0.15) is 81.0 Å². The second-order valence-corrected chi connectivity index (χ2v) is 8.01. The van der Waals surface area contributed by atoms with Gasteiger partial charge in [-0.15, -0.1) is 0 Å². The molecule has 0 heterocycles. The number of alkyl halides is 3. The molecule has 0 saturated carbocycles. The summed E-state index contributed by atoms with van der Waals surface area (Å²) in [6.45, 7) is 6.49. The zero-order valence-corrected chi connectivity index (χ0v) is 18.8. The normalized spacial score (nSPS) is 11.4. The van der Waals surface area contributed by atoms with Crippen LogP contribution in [-0.2, 0) is 19.3 Å². The Labute approximate surface area is 185 Å². The van der Waals surface area contributed by atoms with E-state index in [0.29, 0.717) is 6.54 Å². The SMILES string of the molecule is CCCCCCCCC#Cc1ccc(CN(CC)Cc2ccc(C(F)(F)F)cc2)cc1. The van der Waals surface area contributed by atoms with Gasteiger partial charge in [-0.2, -0.15) is 13.2 Å². The van der Waals surface area contributed by atoms with Gasteiger partial charge in [0.2, 0.25) is 0 Å². The van der Waals surface area contributed by atoms with Crippen LogP contribution in [0.25, 0.3) is 0 Å². The Morgan fingerprint density at radius 1 is 0.742 bits per heavy atom. The van der Waals surface area contributed by atoms with Crippen molar-refractivity contribution in [2.45, 2.75) is 78.1 Å². The van der Waals surface area contributed by atoms with Crippen LogP contribution >= 0.6 is 0 Å². The van der Waals surface area contributed by atoms with E-state index in [4.69, 9.17) is 0 Å². The molecule has 0 aromatic heterocycles.